The molecule has 404 valence electrons. The zero-order chi connectivity index (χ0) is 54.0. The predicted octanol–water partition coefficient (Wildman–Crippen LogP) is -8.52. The number of hydrogen-bond acceptors (Lipinski definition) is 20. The van der Waals surface area contributed by atoms with Crippen molar-refractivity contribution in [3.8, 4) is 0 Å². The van der Waals surface area contributed by atoms with Gasteiger partial charge in [-0.3, -0.25) is 47.9 Å². The highest BCUT2D eigenvalue weighted by Crippen LogP contribution is 2.31. The maximum absolute atomic E-state index is 13.5. The van der Waals surface area contributed by atoms with Crippen LogP contribution in [-0.2, 0) is 66.9 Å². The summed E-state index contributed by atoms with van der Waals surface area (Å²) in [4.78, 5) is 124. The summed E-state index contributed by atoms with van der Waals surface area (Å²) in [6.45, 7) is 6.10. The van der Waals surface area contributed by atoms with E-state index >= 15 is 0 Å². The first-order valence-electron chi connectivity index (χ1n) is 22.7. The molecule has 0 saturated carbocycles. The van der Waals surface area contributed by atoms with E-state index in [1.165, 1.54) is 27.7 Å². The second-order valence-corrected chi connectivity index (χ2v) is 17.2. The van der Waals surface area contributed by atoms with Crippen LogP contribution in [0.2, 0.25) is 0 Å². The first-order valence-corrected chi connectivity index (χ1v) is 22.7. The van der Waals surface area contributed by atoms with Gasteiger partial charge in [-0.05, 0) is 47.0 Å². The van der Waals surface area contributed by atoms with Crippen molar-refractivity contribution in [2.75, 3.05) is 13.2 Å². The van der Waals surface area contributed by atoms with Crippen molar-refractivity contribution in [2.45, 2.75) is 184 Å². The number of hydrogen-bond donors (Lipinski definition) is 16. The lowest BCUT2D eigenvalue weighted by Gasteiger charge is -2.48. The Morgan fingerprint density at radius 2 is 1.15 bits per heavy atom. The average molecular weight is 1020 g/mol. The summed E-state index contributed by atoms with van der Waals surface area (Å²) in [5.41, 5.74) is 22.9. The maximum atomic E-state index is 13.5. The van der Waals surface area contributed by atoms with Gasteiger partial charge in [-0.2, -0.15) is 0 Å². The Kier molecular flexibility index (Phi) is 25.1. The van der Waals surface area contributed by atoms with E-state index in [1.54, 1.807) is 0 Å². The lowest BCUT2D eigenvalue weighted by Crippen LogP contribution is -2.70. The summed E-state index contributed by atoms with van der Waals surface area (Å²) < 4.78 is 23.5. The van der Waals surface area contributed by atoms with Crippen molar-refractivity contribution in [2.24, 2.45) is 22.9 Å². The van der Waals surface area contributed by atoms with E-state index in [9.17, 15) is 68.4 Å². The molecule has 2 fully saturated rings. The second-order valence-electron chi connectivity index (χ2n) is 17.2. The fraction of sp³-hybridized carbons (Fsp3) is 0.756. The molecule has 9 amide bonds. The number of unbranched alkanes of at least 4 members (excludes halogenated alkanes) is 1. The van der Waals surface area contributed by atoms with Crippen LogP contribution in [0.3, 0.4) is 0 Å². The number of nitrogens with two attached hydrogens (primary N) is 4. The van der Waals surface area contributed by atoms with Crippen molar-refractivity contribution in [1.29, 1.82) is 0 Å². The molecular weight excluding hydrogens is 951 g/mol. The van der Waals surface area contributed by atoms with E-state index in [4.69, 9.17) is 47.0 Å². The van der Waals surface area contributed by atoms with Gasteiger partial charge in [-0.15, -0.1) is 0 Å². The Morgan fingerprint density at radius 1 is 0.634 bits per heavy atom. The van der Waals surface area contributed by atoms with E-state index in [1.807, 2.05) is 0 Å². The number of ether oxygens (including phenoxy) is 4. The highest BCUT2D eigenvalue weighted by atomic mass is 16.7. The number of rotatable bonds is 28. The number of nitrogens with one attached hydrogen (secondary N) is 7. The van der Waals surface area contributed by atoms with Crippen molar-refractivity contribution in [3.05, 3.63) is 0 Å². The molecule has 0 bridgehead atoms. The standard InChI is InChI=1S/C41H71N11O19/c1-15(35(61)48-17(3)39(65)66)47-38(64)21(43)9-7-8-10-22(33(44)59)51-26(56)12-11-23(34(45)60)52-36(62)16(2)46-37(63)18(4)68-32-28(50-20(6)55)40(67)69-24(13-42)31(32)71-41-27(49-19(5)54)30(58)29(57)25(14-53)70-41/h15-18,21-25,27-32,40-41,53,57-58,67H,7-14,42-43H2,1-6H3,(H2,44,59)(H2,45,60)(H,46,63)(H,47,64)(H,48,61)(H,49,54)(H,50,55)(H,51,56)(H,52,62)(H,65,66)/t15-,16-,17-,18?,21?,22?,23+,24+,25+,27+,28+,29+,30+,31+,32+,40?,41-/m0/s1. The van der Waals surface area contributed by atoms with Crippen molar-refractivity contribution >= 4 is 59.1 Å². The summed E-state index contributed by atoms with van der Waals surface area (Å²) in [5.74, 6) is -8.66. The number of aliphatic hydroxyl groups excluding tert-OH is 4. The van der Waals surface area contributed by atoms with Crippen LogP contribution < -0.4 is 60.2 Å². The number of carbonyl (C=O) groups is 10. The van der Waals surface area contributed by atoms with Crippen molar-refractivity contribution < 1.29 is 92.4 Å². The quantitative estimate of drug-likeness (QED) is 0.0324. The van der Waals surface area contributed by atoms with Gasteiger partial charge in [0.25, 0.3) is 0 Å². The SMILES string of the molecule is CC(=O)N[C@H]1[C@H](O[C@H]2[C@H](OC(C)C(=O)N[C@@H](C)C(=O)N[C@H](CCC(=O)NC(CCCCC(N)C(=O)N[C@@H](C)C(=O)N[C@@H](C)C(=O)O)C(N)=O)C(N)=O)[C@@H](NC(C)=O)C(O)O[C@@H]2CN)O[C@H](CO)[C@@H](O)[C@@H]1O. The Bertz CT molecular complexity index is 1880. The molecule has 4 unspecified atom stereocenters. The molecule has 0 aliphatic carbocycles. The van der Waals surface area contributed by atoms with Gasteiger partial charge in [-0.1, -0.05) is 12.8 Å². The summed E-state index contributed by atoms with van der Waals surface area (Å²) in [6.07, 6.45) is -14.3. The fourth-order valence-electron chi connectivity index (χ4n) is 7.30. The molecule has 17 atom stereocenters. The Labute approximate surface area is 408 Å². The number of aliphatic carboxylic acids is 1. The second kappa shape index (κ2) is 29.0. The molecule has 30 heteroatoms. The normalized spacial score (nSPS) is 27.1. The highest BCUT2D eigenvalue weighted by Gasteiger charge is 2.52. The fourth-order valence-corrected chi connectivity index (χ4v) is 7.30. The monoisotopic (exact) mass is 1020 g/mol. The summed E-state index contributed by atoms with van der Waals surface area (Å²) >= 11 is 0. The van der Waals surface area contributed by atoms with Gasteiger partial charge in [0.15, 0.2) is 12.6 Å². The van der Waals surface area contributed by atoms with Gasteiger partial charge in [0.05, 0.1) is 12.6 Å². The number of carbonyl (C=O) groups excluding carboxylic acids is 9. The van der Waals surface area contributed by atoms with Crippen LogP contribution in [-0.4, -0.2) is 201 Å². The van der Waals surface area contributed by atoms with Crippen LogP contribution in [0.4, 0.5) is 0 Å². The largest absolute Gasteiger partial charge is 0.480 e. The number of carboxylic acids is 1. The number of aliphatic hydroxyl groups is 4. The van der Waals surface area contributed by atoms with Crippen LogP contribution in [0.1, 0.15) is 80.1 Å². The van der Waals surface area contributed by atoms with Gasteiger partial charge < -0.3 is 105 Å². The molecule has 71 heavy (non-hydrogen) atoms. The van der Waals surface area contributed by atoms with Gasteiger partial charge in [0, 0.05) is 26.8 Å². The van der Waals surface area contributed by atoms with E-state index in [0.717, 1.165) is 13.8 Å². The lowest BCUT2D eigenvalue weighted by atomic mass is 9.94. The van der Waals surface area contributed by atoms with Crippen molar-refractivity contribution in [3.63, 3.8) is 0 Å². The minimum absolute atomic E-state index is 0.0229. The van der Waals surface area contributed by atoms with Gasteiger partial charge in [0.2, 0.25) is 53.2 Å². The van der Waals surface area contributed by atoms with Crippen molar-refractivity contribution in [1.82, 2.24) is 37.2 Å². The number of primary amides is 2. The van der Waals surface area contributed by atoms with Crippen LogP contribution in [0.5, 0.6) is 0 Å². The molecular formula is C41H71N11O19. The summed E-state index contributed by atoms with van der Waals surface area (Å²) in [5, 5.41) is 67.6. The highest BCUT2D eigenvalue weighted by molar-refractivity contribution is 5.93. The van der Waals surface area contributed by atoms with E-state index < -0.39 is 176 Å². The third kappa shape index (κ3) is 19.1. The molecule has 2 aliphatic rings. The predicted molar refractivity (Wildman–Crippen MR) is 240 cm³/mol. The molecule has 0 aromatic carbocycles. The van der Waals surface area contributed by atoms with Crippen LogP contribution in [0.15, 0.2) is 0 Å². The van der Waals surface area contributed by atoms with Gasteiger partial charge >= 0.3 is 5.97 Å². The van der Waals surface area contributed by atoms with E-state index in [0.29, 0.717) is 0 Å². The zero-order valence-electron chi connectivity index (χ0n) is 40.2. The Balaban J connectivity index is 2.05. The van der Waals surface area contributed by atoms with Crippen LogP contribution >= 0.6 is 0 Å². The average Bonchev–Trinajstić information content (AvgIpc) is 3.29. The first kappa shape index (κ1) is 61.4. The summed E-state index contributed by atoms with van der Waals surface area (Å²) in [6, 6.07) is -10.3. The topological polar surface area (TPSA) is 497 Å². The van der Waals surface area contributed by atoms with E-state index in [-0.39, 0.29) is 38.6 Å². The minimum atomic E-state index is -1.81. The molecule has 2 rings (SSSR count). The van der Waals surface area contributed by atoms with E-state index in [2.05, 4.69) is 37.2 Å². The molecule has 0 spiro atoms. The minimum Gasteiger partial charge on any atom is -0.480 e. The molecule has 0 aromatic heterocycles. The van der Waals surface area contributed by atoms with Gasteiger partial charge in [0.1, 0.15) is 85.0 Å². The number of amides is 9. The van der Waals surface area contributed by atoms with Crippen LogP contribution in [0.25, 0.3) is 0 Å². The maximum Gasteiger partial charge on any atom is 0.325 e. The summed E-state index contributed by atoms with van der Waals surface area (Å²) in [7, 11) is 0. The van der Waals surface area contributed by atoms with Crippen LogP contribution in [0, 0.1) is 0 Å². The zero-order valence-corrected chi connectivity index (χ0v) is 40.2. The molecule has 0 aromatic rings. The molecule has 20 N–H and O–H groups in total. The number of carboxylic acid groups (broad SMARTS) is 1. The molecule has 2 heterocycles. The Hall–Kier alpha value is -5.70. The van der Waals surface area contributed by atoms with Gasteiger partial charge in [-0.25, -0.2) is 0 Å². The Morgan fingerprint density at radius 3 is 1.69 bits per heavy atom. The smallest absolute Gasteiger partial charge is 0.325 e. The molecule has 30 nitrogen and oxygen atoms in total. The molecule has 2 saturated heterocycles. The first-order chi connectivity index (χ1) is 33.1. The molecule has 0 radical (unpaired) electrons. The molecule has 2 aliphatic heterocycles. The third-order valence-corrected chi connectivity index (χ3v) is 11.4. The third-order valence-electron chi connectivity index (χ3n) is 11.4. The lowest BCUT2D eigenvalue weighted by molar-refractivity contribution is -0.329.